The van der Waals surface area contributed by atoms with Gasteiger partial charge < -0.3 is 5.32 Å². The summed E-state index contributed by atoms with van der Waals surface area (Å²) in [5.74, 6) is 0.845. The fourth-order valence-electron chi connectivity index (χ4n) is 1.73. The third kappa shape index (κ3) is 5.38. The van der Waals surface area contributed by atoms with Crippen LogP contribution in [0.15, 0.2) is 6.20 Å². The van der Waals surface area contributed by atoms with Crippen LogP contribution in [0.4, 0.5) is 11.5 Å². The quantitative estimate of drug-likeness (QED) is 0.470. The molecule has 19 heavy (non-hydrogen) atoms. The number of nitrogens with one attached hydrogen (secondary N) is 1. The van der Waals surface area contributed by atoms with Crippen LogP contribution in [0.1, 0.15) is 40.0 Å². The third-order valence-electron chi connectivity index (χ3n) is 2.74. The van der Waals surface area contributed by atoms with Gasteiger partial charge in [-0.05, 0) is 30.9 Å². The molecule has 1 rings (SSSR count). The van der Waals surface area contributed by atoms with Gasteiger partial charge in [0.25, 0.3) is 0 Å². The van der Waals surface area contributed by atoms with E-state index in [1.807, 2.05) is 6.92 Å². The highest BCUT2D eigenvalue weighted by atomic mass is 35.5. The topological polar surface area (TPSA) is 81.0 Å². The van der Waals surface area contributed by atoms with Crippen LogP contribution in [-0.2, 0) is 0 Å². The average molecular weight is 287 g/mol. The number of hydrogen-bond donors (Lipinski definition) is 1. The average Bonchev–Trinajstić information content (AvgIpc) is 2.27. The Hall–Kier alpha value is -1.43. The summed E-state index contributed by atoms with van der Waals surface area (Å²) in [5.41, 5.74) is -0.153. The molecular weight excluding hydrogens is 268 g/mol. The van der Waals surface area contributed by atoms with E-state index in [-0.39, 0.29) is 22.8 Å². The zero-order chi connectivity index (χ0) is 14.4. The zero-order valence-corrected chi connectivity index (χ0v) is 12.1. The minimum atomic E-state index is -0.514. The van der Waals surface area contributed by atoms with Crippen LogP contribution in [0.25, 0.3) is 0 Å². The molecule has 1 aromatic heterocycles. The second-order valence-electron chi connectivity index (χ2n) is 5.00. The van der Waals surface area contributed by atoms with E-state index in [4.69, 9.17) is 11.6 Å². The molecule has 0 aliphatic rings. The first-order valence-electron chi connectivity index (χ1n) is 6.33. The molecule has 106 valence electrons. The number of halogens is 1. The van der Waals surface area contributed by atoms with Crippen molar-refractivity contribution in [2.24, 2.45) is 5.92 Å². The number of anilines is 1. The molecule has 7 heteroatoms. The van der Waals surface area contributed by atoms with Gasteiger partial charge in [0.1, 0.15) is 6.20 Å². The van der Waals surface area contributed by atoms with Gasteiger partial charge in [-0.15, -0.1) is 0 Å². The minimum Gasteiger partial charge on any atom is -0.362 e. The minimum absolute atomic E-state index is 0.00230. The summed E-state index contributed by atoms with van der Waals surface area (Å²) >= 11 is 5.67. The molecule has 1 N–H and O–H groups in total. The number of nitro groups is 1. The van der Waals surface area contributed by atoms with Gasteiger partial charge >= 0.3 is 5.69 Å². The zero-order valence-electron chi connectivity index (χ0n) is 11.4. The predicted molar refractivity (Wildman–Crippen MR) is 75.5 cm³/mol. The lowest BCUT2D eigenvalue weighted by Gasteiger charge is -2.14. The Bertz CT molecular complexity index is 440. The lowest BCUT2D eigenvalue weighted by atomic mass is 10.0. The molecule has 0 saturated heterocycles. The van der Waals surface area contributed by atoms with Gasteiger partial charge in [0.2, 0.25) is 11.1 Å². The maximum absolute atomic E-state index is 10.9. The summed E-state index contributed by atoms with van der Waals surface area (Å²) in [6.07, 6.45) is 4.26. The van der Waals surface area contributed by atoms with Gasteiger partial charge in [-0.3, -0.25) is 10.1 Å². The predicted octanol–water partition coefficient (Wildman–Crippen LogP) is 3.66. The second kappa shape index (κ2) is 7.23. The van der Waals surface area contributed by atoms with Crippen LogP contribution in [-0.4, -0.2) is 20.9 Å². The molecule has 0 bridgehead atoms. The van der Waals surface area contributed by atoms with Crippen LogP contribution in [0.3, 0.4) is 0 Å². The first kappa shape index (κ1) is 15.6. The van der Waals surface area contributed by atoms with E-state index in [2.05, 4.69) is 29.1 Å². The third-order valence-corrected chi connectivity index (χ3v) is 2.92. The Labute approximate surface area is 117 Å². The summed E-state index contributed by atoms with van der Waals surface area (Å²) in [6.45, 7) is 6.32. The number of aromatic nitrogens is 2. The molecule has 0 aromatic carbocycles. The van der Waals surface area contributed by atoms with Crippen LogP contribution in [0, 0.1) is 16.0 Å². The molecule has 0 aliphatic heterocycles. The van der Waals surface area contributed by atoms with Crippen LogP contribution < -0.4 is 5.32 Å². The molecule has 0 amide bonds. The molecule has 0 saturated carbocycles. The molecule has 0 spiro atoms. The fourth-order valence-corrected chi connectivity index (χ4v) is 1.86. The van der Waals surface area contributed by atoms with Crippen molar-refractivity contribution >= 4 is 23.1 Å². The summed E-state index contributed by atoms with van der Waals surface area (Å²) in [6, 6.07) is 0.100. The van der Waals surface area contributed by atoms with E-state index >= 15 is 0 Å². The van der Waals surface area contributed by atoms with Gasteiger partial charge in [-0.2, -0.15) is 4.98 Å². The van der Waals surface area contributed by atoms with E-state index < -0.39 is 4.92 Å². The van der Waals surface area contributed by atoms with Crippen LogP contribution in [0.5, 0.6) is 0 Å². The molecule has 0 fully saturated rings. The van der Waals surface area contributed by atoms with E-state index in [1.54, 1.807) is 0 Å². The largest absolute Gasteiger partial charge is 0.362 e. The maximum Gasteiger partial charge on any atom is 0.329 e. The molecule has 1 atom stereocenters. The van der Waals surface area contributed by atoms with Gasteiger partial charge in [0, 0.05) is 6.04 Å². The highest BCUT2D eigenvalue weighted by Gasteiger charge is 2.18. The number of rotatable bonds is 7. The first-order valence-corrected chi connectivity index (χ1v) is 6.71. The van der Waals surface area contributed by atoms with E-state index in [0.717, 1.165) is 25.5 Å². The van der Waals surface area contributed by atoms with Gasteiger partial charge in [-0.25, -0.2) is 4.98 Å². The molecule has 0 radical (unpaired) electrons. The van der Waals surface area contributed by atoms with Crippen molar-refractivity contribution in [1.29, 1.82) is 0 Å². The summed E-state index contributed by atoms with van der Waals surface area (Å²) < 4.78 is 0. The van der Waals surface area contributed by atoms with Crippen LogP contribution >= 0.6 is 11.6 Å². The Morgan fingerprint density at radius 2 is 2.11 bits per heavy atom. The second-order valence-corrected chi connectivity index (χ2v) is 5.34. The molecular formula is C12H19ClN4O2. The van der Waals surface area contributed by atoms with Crippen molar-refractivity contribution in [2.75, 3.05) is 5.32 Å². The van der Waals surface area contributed by atoms with Crippen molar-refractivity contribution in [1.82, 2.24) is 9.97 Å². The molecule has 1 aromatic rings. The standard InChI is InChI=1S/C12H19ClN4O2/c1-8(2)5-4-6-9(3)15-11-10(17(18)19)7-14-12(13)16-11/h7-9H,4-6H2,1-3H3,(H,14,15,16). The summed E-state index contributed by atoms with van der Waals surface area (Å²) in [4.78, 5) is 17.9. The highest BCUT2D eigenvalue weighted by molar-refractivity contribution is 6.28. The van der Waals surface area contributed by atoms with Crippen molar-refractivity contribution in [3.63, 3.8) is 0 Å². The lowest BCUT2D eigenvalue weighted by Crippen LogP contribution is -2.17. The van der Waals surface area contributed by atoms with Gasteiger partial charge in [0.15, 0.2) is 0 Å². The van der Waals surface area contributed by atoms with E-state index in [1.165, 1.54) is 0 Å². The van der Waals surface area contributed by atoms with Gasteiger partial charge in [0.05, 0.1) is 4.92 Å². The Balaban J connectivity index is 2.65. The molecule has 1 heterocycles. The maximum atomic E-state index is 10.9. The molecule has 6 nitrogen and oxygen atoms in total. The Morgan fingerprint density at radius 1 is 1.42 bits per heavy atom. The van der Waals surface area contributed by atoms with Crippen molar-refractivity contribution in [3.8, 4) is 0 Å². The SMILES string of the molecule is CC(C)CCCC(C)Nc1nc(Cl)ncc1[N+](=O)[O-]. The van der Waals surface area contributed by atoms with Crippen molar-refractivity contribution in [2.45, 2.75) is 46.1 Å². The smallest absolute Gasteiger partial charge is 0.329 e. The molecule has 0 aliphatic carbocycles. The summed E-state index contributed by atoms with van der Waals surface area (Å²) in [7, 11) is 0. The Kier molecular flexibility index (Phi) is 5.95. The highest BCUT2D eigenvalue weighted by Crippen LogP contribution is 2.23. The van der Waals surface area contributed by atoms with E-state index in [9.17, 15) is 10.1 Å². The normalized spacial score (nSPS) is 12.5. The van der Waals surface area contributed by atoms with Crippen LogP contribution in [0.2, 0.25) is 5.28 Å². The number of hydrogen-bond acceptors (Lipinski definition) is 5. The monoisotopic (exact) mass is 286 g/mol. The van der Waals surface area contributed by atoms with E-state index in [0.29, 0.717) is 5.92 Å². The first-order chi connectivity index (χ1) is 8.90. The fraction of sp³-hybridized carbons (Fsp3) is 0.667. The Morgan fingerprint density at radius 3 is 2.68 bits per heavy atom. The van der Waals surface area contributed by atoms with Crippen molar-refractivity contribution in [3.05, 3.63) is 21.6 Å². The molecule has 1 unspecified atom stereocenters. The van der Waals surface area contributed by atoms with Gasteiger partial charge in [-0.1, -0.05) is 26.7 Å². The number of nitrogens with zero attached hydrogens (tertiary/aromatic N) is 3. The lowest BCUT2D eigenvalue weighted by molar-refractivity contribution is -0.384. The van der Waals surface area contributed by atoms with Crippen molar-refractivity contribution < 1.29 is 4.92 Å². The summed E-state index contributed by atoms with van der Waals surface area (Å²) in [5, 5.41) is 13.9.